The van der Waals surface area contributed by atoms with Crippen molar-refractivity contribution in [3.05, 3.63) is 29.6 Å². The molecule has 2 N–H and O–H groups in total. The van der Waals surface area contributed by atoms with Crippen LogP contribution in [0.15, 0.2) is 12.1 Å². The molecule has 0 aliphatic carbocycles. The average molecular weight is 261 g/mol. The van der Waals surface area contributed by atoms with Crippen LogP contribution in [0.2, 0.25) is 0 Å². The zero-order chi connectivity index (χ0) is 14.1. The lowest BCUT2D eigenvalue weighted by Gasteiger charge is -2.18. The molecule has 0 aliphatic rings. The minimum atomic E-state index is -1.87. The third-order valence-electron chi connectivity index (χ3n) is 2.35. The summed E-state index contributed by atoms with van der Waals surface area (Å²) in [5.41, 5.74) is -2.75. The summed E-state index contributed by atoms with van der Waals surface area (Å²) in [7, 11) is 0. The Kier molecular flexibility index (Phi) is 3.64. The molecule has 0 aliphatic heterocycles. The Bertz CT molecular complexity index is 491. The summed E-state index contributed by atoms with van der Waals surface area (Å²) in [5, 5.41) is 10.6. The molecule has 0 aromatic heterocycles. The maximum absolute atomic E-state index is 13.2. The number of carbonyl (C=O) groups excluding carboxylic acids is 1. The number of carboxylic acid groups (broad SMARTS) is 1. The maximum atomic E-state index is 13.2. The number of carbonyl (C=O) groups is 2. The molecule has 18 heavy (non-hydrogen) atoms. The zero-order valence-corrected chi connectivity index (χ0v) is 9.55. The molecule has 4 nitrogen and oxygen atoms in total. The molecule has 1 aromatic carbocycles. The molecule has 0 fully saturated rings. The molecule has 98 valence electrons. The summed E-state index contributed by atoms with van der Waals surface area (Å²) in [6.07, 6.45) is 0. The Balaban J connectivity index is 3.07. The van der Waals surface area contributed by atoms with E-state index < -0.39 is 40.4 Å². The summed E-state index contributed by atoms with van der Waals surface area (Å²) >= 11 is 0. The highest BCUT2D eigenvalue weighted by molar-refractivity contribution is 6.07. The first-order chi connectivity index (χ1) is 8.16. The number of carboxylic acids is 1. The molecule has 1 rings (SSSR count). The molecular weight excluding hydrogens is 251 g/mol. The lowest BCUT2D eigenvalue weighted by Crippen LogP contribution is -2.38. The van der Waals surface area contributed by atoms with Crippen molar-refractivity contribution >= 4 is 17.6 Å². The van der Waals surface area contributed by atoms with Crippen molar-refractivity contribution in [2.75, 3.05) is 5.32 Å². The van der Waals surface area contributed by atoms with Crippen molar-refractivity contribution in [2.24, 2.45) is 5.41 Å². The second kappa shape index (κ2) is 4.67. The molecule has 1 aromatic rings. The van der Waals surface area contributed by atoms with Gasteiger partial charge in [-0.15, -0.1) is 0 Å². The van der Waals surface area contributed by atoms with E-state index in [0.29, 0.717) is 12.1 Å². The second-order valence-electron chi connectivity index (χ2n) is 4.13. The predicted molar refractivity (Wildman–Crippen MR) is 56.4 cm³/mol. The van der Waals surface area contributed by atoms with Gasteiger partial charge in [0.25, 0.3) is 0 Å². The van der Waals surface area contributed by atoms with Gasteiger partial charge >= 0.3 is 5.97 Å². The Labute approximate surface area is 100 Å². The fourth-order valence-electron chi connectivity index (χ4n) is 1.03. The van der Waals surface area contributed by atoms with E-state index in [1.54, 1.807) is 5.32 Å². The number of halogens is 3. The van der Waals surface area contributed by atoms with Crippen LogP contribution in [0.3, 0.4) is 0 Å². The molecule has 0 atom stereocenters. The van der Waals surface area contributed by atoms with Crippen molar-refractivity contribution < 1.29 is 27.9 Å². The summed E-state index contributed by atoms with van der Waals surface area (Å²) in [5.74, 6) is -6.34. The molecule has 0 spiro atoms. The minimum Gasteiger partial charge on any atom is -0.480 e. The number of anilines is 1. The summed E-state index contributed by atoms with van der Waals surface area (Å²) in [6.45, 7) is 2.15. The van der Waals surface area contributed by atoms with Gasteiger partial charge in [0, 0.05) is 12.1 Å². The molecule has 0 unspecified atom stereocenters. The van der Waals surface area contributed by atoms with E-state index in [9.17, 15) is 22.8 Å². The first kappa shape index (κ1) is 14.0. The van der Waals surface area contributed by atoms with Gasteiger partial charge < -0.3 is 10.4 Å². The van der Waals surface area contributed by atoms with Gasteiger partial charge in [-0.2, -0.15) is 0 Å². The van der Waals surface area contributed by atoms with Gasteiger partial charge in [-0.1, -0.05) is 0 Å². The lowest BCUT2D eigenvalue weighted by atomic mass is 9.92. The minimum absolute atomic E-state index is 0.381. The van der Waals surface area contributed by atoms with Gasteiger partial charge in [-0.3, -0.25) is 9.59 Å². The number of nitrogens with one attached hydrogen (secondary N) is 1. The molecule has 0 radical (unpaired) electrons. The smallest absolute Gasteiger partial charge is 0.318 e. The second-order valence-corrected chi connectivity index (χ2v) is 4.13. The van der Waals surface area contributed by atoms with Crippen LogP contribution in [0, 0.1) is 22.9 Å². The van der Waals surface area contributed by atoms with E-state index in [-0.39, 0.29) is 0 Å². The van der Waals surface area contributed by atoms with Gasteiger partial charge in [0.1, 0.15) is 16.9 Å². The van der Waals surface area contributed by atoms with Gasteiger partial charge in [0.05, 0.1) is 0 Å². The Morgan fingerprint density at radius 2 is 1.61 bits per heavy atom. The largest absolute Gasteiger partial charge is 0.480 e. The highest BCUT2D eigenvalue weighted by Gasteiger charge is 2.36. The normalized spacial score (nSPS) is 11.2. The maximum Gasteiger partial charge on any atom is 0.318 e. The van der Waals surface area contributed by atoms with E-state index >= 15 is 0 Å². The Hall–Kier alpha value is -2.05. The van der Waals surface area contributed by atoms with Gasteiger partial charge in [-0.05, 0) is 13.8 Å². The summed E-state index contributed by atoms with van der Waals surface area (Å²) in [6, 6.07) is 0.763. The summed E-state index contributed by atoms with van der Waals surface area (Å²) in [4.78, 5) is 22.3. The van der Waals surface area contributed by atoms with Crippen molar-refractivity contribution in [3.63, 3.8) is 0 Å². The number of aliphatic carboxylic acids is 1. The molecule has 1 amide bonds. The first-order valence-electron chi connectivity index (χ1n) is 4.85. The number of hydrogen-bond acceptors (Lipinski definition) is 2. The van der Waals surface area contributed by atoms with Crippen LogP contribution in [-0.2, 0) is 9.59 Å². The van der Waals surface area contributed by atoms with Crippen LogP contribution < -0.4 is 5.32 Å². The van der Waals surface area contributed by atoms with Crippen molar-refractivity contribution in [1.82, 2.24) is 0 Å². The quantitative estimate of drug-likeness (QED) is 0.819. The number of rotatable bonds is 3. The van der Waals surface area contributed by atoms with Crippen LogP contribution in [0.1, 0.15) is 13.8 Å². The molecular formula is C11H10F3NO3. The van der Waals surface area contributed by atoms with Crippen LogP contribution in [0.25, 0.3) is 0 Å². The van der Waals surface area contributed by atoms with E-state index in [1.807, 2.05) is 0 Å². The van der Waals surface area contributed by atoms with Gasteiger partial charge in [-0.25, -0.2) is 13.2 Å². The van der Waals surface area contributed by atoms with Gasteiger partial charge in [0.15, 0.2) is 11.6 Å². The number of benzene rings is 1. The highest BCUT2D eigenvalue weighted by Crippen LogP contribution is 2.24. The number of amides is 1. The fourth-order valence-corrected chi connectivity index (χ4v) is 1.03. The van der Waals surface area contributed by atoms with E-state index in [2.05, 4.69) is 0 Å². The topological polar surface area (TPSA) is 66.4 Å². The van der Waals surface area contributed by atoms with E-state index in [0.717, 1.165) is 13.8 Å². The van der Waals surface area contributed by atoms with Crippen LogP contribution in [-0.4, -0.2) is 17.0 Å². The molecule has 0 bridgehead atoms. The summed E-state index contributed by atoms with van der Waals surface area (Å²) < 4.78 is 39.1. The highest BCUT2D eigenvalue weighted by atomic mass is 19.1. The third kappa shape index (κ3) is 2.61. The van der Waals surface area contributed by atoms with E-state index in [1.165, 1.54) is 0 Å². The van der Waals surface area contributed by atoms with Crippen molar-refractivity contribution in [3.8, 4) is 0 Å². The fraction of sp³-hybridized carbons (Fsp3) is 0.273. The Morgan fingerprint density at radius 3 is 2.00 bits per heavy atom. The molecule has 7 heteroatoms. The molecule has 0 heterocycles. The standard InChI is InChI=1S/C11H10F3NO3/c1-11(2,10(17)18)9(16)15-8-6(13)3-5(12)4-7(8)14/h3-4H,1-2H3,(H,15,16)(H,17,18). The van der Waals surface area contributed by atoms with Gasteiger partial charge in [0.2, 0.25) is 5.91 Å². The number of hydrogen-bond donors (Lipinski definition) is 2. The lowest BCUT2D eigenvalue weighted by molar-refractivity contribution is -0.151. The van der Waals surface area contributed by atoms with Crippen LogP contribution >= 0.6 is 0 Å². The Morgan fingerprint density at radius 1 is 1.17 bits per heavy atom. The molecule has 0 saturated heterocycles. The third-order valence-corrected chi connectivity index (χ3v) is 2.35. The van der Waals surface area contributed by atoms with Crippen molar-refractivity contribution in [1.29, 1.82) is 0 Å². The molecule has 0 saturated carbocycles. The van der Waals surface area contributed by atoms with E-state index in [4.69, 9.17) is 5.11 Å². The van der Waals surface area contributed by atoms with Crippen LogP contribution in [0.4, 0.5) is 18.9 Å². The van der Waals surface area contributed by atoms with Crippen LogP contribution in [0.5, 0.6) is 0 Å². The SMILES string of the molecule is CC(C)(C(=O)O)C(=O)Nc1c(F)cc(F)cc1F. The average Bonchev–Trinajstić information content (AvgIpc) is 2.22. The first-order valence-corrected chi connectivity index (χ1v) is 4.85. The van der Waals surface area contributed by atoms with Crippen molar-refractivity contribution in [2.45, 2.75) is 13.8 Å². The predicted octanol–water partition coefficient (Wildman–Crippen LogP) is 2.15. The monoisotopic (exact) mass is 261 g/mol. The zero-order valence-electron chi connectivity index (χ0n) is 9.55.